The molecule has 0 unspecified atom stereocenters. The molecule has 0 radical (unpaired) electrons. The van der Waals surface area contributed by atoms with E-state index in [2.05, 4.69) is 10.0 Å². The molecule has 1 amide bonds. The summed E-state index contributed by atoms with van der Waals surface area (Å²) in [4.78, 5) is 13.4. The minimum absolute atomic E-state index is 0.0975. The number of hydrogen-bond donors (Lipinski definition) is 2. The summed E-state index contributed by atoms with van der Waals surface area (Å²) in [7, 11) is -3.55. The fourth-order valence-corrected chi connectivity index (χ4v) is 3.73. The van der Waals surface area contributed by atoms with Gasteiger partial charge in [-0.25, -0.2) is 13.1 Å². The van der Waals surface area contributed by atoms with Gasteiger partial charge in [-0.2, -0.15) is 0 Å². The van der Waals surface area contributed by atoms with Gasteiger partial charge in [0.25, 0.3) is 5.91 Å². The highest BCUT2D eigenvalue weighted by atomic mass is 32.2. The molecular formula is C15H18N2O3S2. The van der Waals surface area contributed by atoms with Crippen molar-refractivity contribution in [3.8, 4) is 0 Å². The molecule has 7 heteroatoms. The van der Waals surface area contributed by atoms with Gasteiger partial charge >= 0.3 is 0 Å². The molecule has 1 aromatic carbocycles. The van der Waals surface area contributed by atoms with Gasteiger partial charge in [-0.1, -0.05) is 19.1 Å². The van der Waals surface area contributed by atoms with Gasteiger partial charge in [-0.15, -0.1) is 11.3 Å². The van der Waals surface area contributed by atoms with Crippen LogP contribution in [0.5, 0.6) is 0 Å². The Morgan fingerprint density at radius 2 is 2.05 bits per heavy atom. The van der Waals surface area contributed by atoms with Crippen molar-refractivity contribution >= 4 is 27.3 Å². The molecule has 118 valence electrons. The lowest BCUT2D eigenvalue weighted by Crippen LogP contribution is -2.27. The molecule has 0 fully saturated rings. The maximum atomic E-state index is 12.1. The predicted octanol–water partition coefficient (Wildman–Crippen LogP) is 2.02. The fourth-order valence-electron chi connectivity index (χ4n) is 1.93. The average Bonchev–Trinajstić information content (AvgIpc) is 3.00. The van der Waals surface area contributed by atoms with E-state index in [0.717, 1.165) is 6.42 Å². The SMILES string of the molecule is CCNS(=O)(=O)c1cccc(C(=O)NCCc2cccs2)c1. The zero-order chi connectivity index (χ0) is 16.0. The van der Waals surface area contributed by atoms with Crippen LogP contribution in [0, 0.1) is 0 Å². The monoisotopic (exact) mass is 338 g/mol. The van der Waals surface area contributed by atoms with Gasteiger partial charge in [0, 0.05) is 23.5 Å². The Balaban J connectivity index is 2.01. The summed E-state index contributed by atoms with van der Waals surface area (Å²) in [5.41, 5.74) is 0.338. The topological polar surface area (TPSA) is 75.3 Å². The van der Waals surface area contributed by atoms with Crippen LogP contribution in [0.1, 0.15) is 22.2 Å². The predicted molar refractivity (Wildman–Crippen MR) is 87.7 cm³/mol. The van der Waals surface area contributed by atoms with Crippen molar-refractivity contribution in [3.05, 3.63) is 52.2 Å². The van der Waals surface area contributed by atoms with Crippen molar-refractivity contribution in [1.29, 1.82) is 0 Å². The number of nitrogens with one attached hydrogen (secondary N) is 2. The highest BCUT2D eigenvalue weighted by molar-refractivity contribution is 7.89. The Morgan fingerprint density at radius 1 is 1.23 bits per heavy atom. The molecule has 0 aliphatic carbocycles. The van der Waals surface area contributed by atoms with Gasteiger partial charge in [0.15, 0.2) is 0 Å². The van der Waals surface area contributed by atoms with Crippen molar-refractivity contribution in [3.63, 3.8) is 0 Å². The standard InChI is InChI=1S/C15H18N2O3S2/c1-2-17-22(19,20)14-7-3-5-12(11-14)15(18)16-9-8-13-6-4-10-21-13/h3-7,10-11,17H,2,8-9H2,1H3,(H,16,18). The summed E-state index contributed by atoms with van der Waals surface area (Å²) in [6.07, 6.45) is 0.763. The molecule has 0 saturated heterocycles. The van der Waals surface area contributed by atoms with E-state index in [1.807, 2.05) is 17.5 Å². The van der Waals surface area contributed by atoms with Gasteiger partial charge in [0.05, 0.1) is 4.90 Å². The number of carbonyl (C=O) groups is 1. The zero-order valence-electron chi connectivity index (χ0n) is 12.2. The van der Waals surface area contributed by atoms with E-state index in [4.69, 9.17) is 0 Å². The highest BCUT2D eigenvalue weighted by Gasteiger charge is 2.15. The minimum atomic E-state index is -3.55. The molecule has 0 atom stereocenters. The second kappa shape index (κ2) is 7.53. The first-order valence-electron chi connectivity index (χ1n) is 6.93. The van der Waals surface area contributed by atoms with E-state index in [-0.39, 0.29) is 10.8 Å². The molecule has 2 N–H and O–H groups in total. The Labute approximate surface area is 134 Å². The number of hydrogen-bond acceptors (Lipinski definition) is 4. The first-order chi connectivity index (χ1) is 10.5. The van der Waals surface area contributed by atoms with Crippen LogP contribution >= 0.6 is 11.3 Å². The maximum Gasteiger partial charge on any atom is 0.251 e. The van der Waals surface area contributed by atoms with Crippen molar-refractivity contribution in [2.45, 2.75) is 18.2 Å². The molecular weight excluding hydrogens is 320 g/mol. The third-order valence-electron chi connectivity index (χ3n) is 2.98. The Kier molecular flexibility index (Phi) is 5.70. The lowest BCUT2D eigenvalue weighted by Gasteiger charge is -2.08. The van der Waals surface area contributed by atoms with Crippen molar-refractivity contribution in [1.82, 2.24) is 10.0 Å². The van der Waals surface area contributed by atoms with Gasteiger partial charge in [0.1, 0.15) is 0 Å². The van der Waals surface area contributed by atoms with E-state index in [0.29, 0.717) is 18.7 Å². The maximum absolute atomic E-state index is 12.1. The summed E-state index contributed by atoms with van der Waals surface area (Å²) in [5, 5.41) is 4.79. The van der Waals surface area contributed by atoms with E-state index in [9.17, 15) is 13.2 Å². The van der Waals surface area contributed by atoms with Gasteiger partial charge < -0.3 is 5.32 Å². The first kappa shape index (κ1) is 16.7. The van der Waals surface area contributed by atoms with Crippen LogP contribution in [-0.2, 0) is 16.4 Å². The third-order valence-corrected chi connectivity index (χ3v) is 5.46. The van der Waals surface area contributed by atoms with Gasteiger partial charge in [-0.05, 0) is 36.1 Å². The third kappa shape index (κ3) is 4.40. The van der Waals surface area contributed by atoms with Crippen molar-refractivity contribution < 1.29 is 13.2 Å². The number of sulfonamides is 1. The van der Waals surface area contributed by atoms with Crippen LogP contribution in [0.25, 0.3) is 0 Å². The minimum Gasteiger partial charge on any atom is -0.352 e. The lowest BCUT2D eigenvalue weighted by atomic mass is 10.2. The normalized spacial score (nSPS) is 11.3. The van der Waals surface area contributed by atoms with E-state index < -0.39 is 10.0 Å². The number of amides is 1. The zero-order valence-corrected chi connectivity index (χ0v) is 13.8. The van der Waals surface area contributed by atoms with Crippen LogP contribution in [0.15, 0.2) is 46.7 Å². The molecule has 1 heterocycles. The van der Waals surface area contributed by atoms with Gasteiger partial charge in [-0.3, -0.25) is 4.79 Å². The average molecular weight is 338 g/mol. The summed E-state index contributed by atoms with van der Waals surface area (Å²) in [6.45, 7) is 2.53. The number of rotatable bonds is 7. The lowest BCUT2D eigenvalue weighted by molar-refractivity contribution is 0.0954. The second-order valence-electron chi connectivity index (χ2n) is 4.61. The smallest absolute Gasteiger partial charge is 0.251 e. The summed E-state index contributed by atoms with van der Waals surface area (Å²) >= 11 is 1.64. The molecule has 0 spiro atoms. The van der Waals surface area contributed by atoms with Crippen molar-refractivity contribution in [2.75, 3.05) is 13.1 Å². The molecule has 22 heavy (non-hydrogen) atoms. The van der Waals surface area contributed by atoms with E-state index in [1.165, 1.54) is 17.0 Å². The number of carbonyl (C=O) groups excluding carboxylic acids is 1. The molecule has 1 aromatic heterocycles. The molecule has 2 aromatic rings. The largest absolute Gasteiger partial charge is 0.352 e. The molecule has 5 nitrogen and oxygen atoms in total. The summed E-state index contributed by atoms with van der Waals surface area (Å²) in [5.74, 6) is -0.273. The molecule has 0 bridgehead atoms. The van der Waals surface area contributed by atoms with Gasteiger partial charge in [0.2, 0.25) is 10.0 Å². The number of thiophene rings is 1. The number of benzene rings is 1. The Hall–Kier alpha value is -1.70. The van der Waals surface area contributed by atoms with E-state index in [1.54, 1.807) is 30.4 Å². The first-order valence-corrected chi connectivity index (χ1v) is 9.29. The Morgan fingerprint density at radius 3 is 2.73 bits per heavy atom. The van der Waals surface area contributed by atoms with Crippen LogP contribution in [-0.4, -0.2) is 27.4 Å². The van der Waals surface area contributed by atoms with Crippen molar-refractivity contribution in [2.24, 2.45) is 0 Å². The van der Waals surface area contributed by atoms with Crippen LogP contribution in [0.4, 0.5) is 0 Å². The Bertz CT molecular complexity index is 725. The summed E-state index contributed by atoms with van der Waals surface area (Å²) < 4.78 is 26.3. The molecule has 2 rings (SSSR count). The van der Waals surface area contributed by atoms with E-state index >= 15 is 0 Å². The second-order valence-corrected chi connectivity index (χ2v) is 7.41. The van der Waals surface area contributed by atoms with Crippen LogP contribution < -0.4 is 10.0 Å². The molecule has 0 aliphatic rings. The van der Waals surface area contributed by atoms with Crippen LogP contribution in [0.3, 0.4) is 0 Å². The molecule has 0 aliphatic heterocycles. The molecule has 0 saturated carbocycles. The summed E-state index contributed by atoms with van der Waals surface area (Å²) in [6, 6.07) is 10.0. The highest BCUT2D eigenvalue weighted by Crippen LogP contribution is 2.12. The fraction of sp³-hybridized carbons (Fsp3) is 0.267. The van der Waals surface area contributed by atoms with Crippen LogP contribution in [0.2, 0.25) is 0 Å². The quantitative estimate of drug-likeness (QED) is 0.811.